The lowest BCUT2D eigenvalue weighted by atomic mass is 9.96. The van der Waals surface area contributed by atoms with Gasteiger partial charge in [0.2, 0.25) is 5.91 Å². The van der Waals surface area contributed by atoms with E-state index in [-0.39, 0.29) is 19.1 Å². The number of aliphatic hydroxyl groups is 1. The molecule has 2 fully saturated rings. The zero-order valence-electron chi connectivity index (χ0n) is 12.6. The van der Waals surface area contributed by atoms with Crippen LogP contribution in [0.1, 0.15) is 13.8 Å². The molecule has 23 heavy (non-hydrogen) atoms. The summed E-state index contributed by atoms with van der Waals surface area (Å²) >= 11 is 4.27. The van der Waals surface area contributed by atoms with Crippen molar-refractivity contribution >= 4 is 26.4 Å². The first-order chi connectivity index (χ1) is 10.8. The van der Waals surface area contributed by atoms with Crippen LogP contribution < -0.4 is 5.32 Å². The van der Waals surface area contributed by atoms with Gasteiger partial charge in [-0.2, -0.15) is 0 Å². The lowest BCUT2D eigenvalue weighted by Crippen LogP contribution is -2.58. The standard InChI is InChI=1S/C12H19N2O7PS/c1-3-18-22(17)19-6-7-9(21-22)12(2,16)10(20-7)14-5-4-8(15)13-11(14)23/h4-5,7,9-11,16,23H,3,6H2,1-2H3,(H,13,15)/t7-,9?,10-,11?,12?,22?/m1/s1. The summed E-state index contributed by atoms with van der Waals surface area (Å²) in [7, 11) is -3.72. The lowest BCUT2D eigenvalue weighted by Gasteiger charge is -2.40. The fourth-order valence-corrected chi connectivity index (χ4v) is 4.61. The quantitative estimate of drug-likeness (QED) is 0.480. The van der Waals surface area contributed by atoms with Crippen molar-refractivity contribution in [2.75, 3.05) is 13.2 Å². The molecule has 2 N–H and O–H groups in total. The number of hydrogen-bond donors (Lipinski definition) is 3. The largest absolute Gasteiger partial charge is 0.475 e. The number of ether oxygens (including phenoxy) is 1. The van der Waals surface area contributed by atoms with Gasteiger partial charge >= 0.3 is 7.82 Å². The summed E-state index contributed by atoms with van der Waals surface area (Å²) in [5.41, 5.74) is -2.20. The molecular formula is C12H19N2O7PS. The molecule has 3 aliphatic heterocycles. The Morgan fingerprint density at radius 1 is 1.65 bits per heavy atom. The Labute approximate surface area is 138 Å². The molecule has 6 atom stereocenters. The maximum Gasteiger partial charge on any atom is 0.475 e. The van der Waals surface area contributed by atoms with Gasteiger partial charge in [-0.15, -0.1) is 12.6 Å². The molecule has 0 aliphatic carbocycles. The highest BCUT2D eigenvalue weighted by Gasteiger charge is 2.61. The van der Waals surface area contributed by atoms with Gasteiger partial charge in [-0.05, 0) is 13.8 Å². The molecule has 0 bridgehead atoms. The van der Waals surface area contributed by atoms with Crippen LogP contribution in [-0.2, 0) is 27.7 Å². The molecule has 11 heteroatoms. The van der Waals surface area contributed by atoms with Gasteiger partial charge in [0.25, 0.3) is 0 Å². The van der Waals surface area contributed by atoms with Gasteiger partial charge in [0.05, 0.1) is 13.2 Å². The van der Waals surface area contributed by atoms with Gasteiger partial charge < -0.3 is 20.1 Å². The summed E-state index contributed by atoms with van der Waals surface area (Å²) in [5, 5.41) is 13.5. The number of phosphoric acid groups is 1. The number of nitrogens with one attached hydrogen (secondary N) is 1. The summed E-state index contributed by atoms with van der Waals surface area (Å²) in [4.78, 5) is 12.9. The van der Waals surface area contributed by atoms with E-state index in [1.165, 1.54) is 24.1 Å². The molecule has 0 radical (unpaired) electrons. The SMILES string of the molecule is CCOP1(=O)OC[C@H]2O[C@@H](N3C=CC(=O)NC3S)C(C)(O)C2O1. The van der Waals surface area contributed by atoms with E-state index in [1.807, 2.05) is 0 Å². The highest BCUT2D eigenvalue weighted by molar-refractivity contribution is 7.80. The smallest absolute Gasteiger partial charge is 0.383 e. The Morgan fingerprint density at radius 2 is 2.39 bits per heavy atom. The minimum atomic E-state index is -3.72. The minimum absolute atomic E-state index is 0.0320. The van der Waals surface area contributed by atoms with Gasteiger partial charge in [-0.3, -0.25) is 18.4 Å². The monoisotopic (exact) mass is 366 g/mol. The summed E-state index contributed by atoms with van der Waals surface area (Å²) in [6.07, 6.45) is 0.398. The number of amides is 1. The van der Waals surface area contributed by atoms with E-state index >= 15 is 0 Å². The summed E-state index contributed by atoms with van der Waals surface area (Å²) in [6.45, 7) is 3.29. The zero-order chi connectivity index (χ0) is 16.8. The third-order valence-electron chi connectivity index (χ3n) is 3.87. The number of phosphoric ester groups is 1. The van der Waals surface area contributed by atoms with Crippen molar-refractivity contribution in [3.63, 3.8) is 0 Å². The molecule has 9 nitrogen and oxygen atoms in total. The van der Waals surface area contributed by atoms with Gasteiger partial charge in [0.1, 0.15) is 23.3 Å². The van der Waals surface area contributed by atoms with Crippen LogP contribution in [0.25, 0.3) is 0 Å². The van der Waals surface area contributed by atoms with Crippen molar-refractivity contribution < 1.29 is 32.8 Å². The van der Waals surface area contributed by atoms with Crippen molar-refractivity contribution in [1.82, 2.24) is 10.2 Å². The van der Waals surface area contributed by atoms with Crippen molar-refractivity contribution in [2.24, 2.45) is 0 Å². The van der Waals surface area contributed by atoms with Gasteiger partial charge in [0.15, 0.2) is 6.23 Å². The maximum atomic E-state index is 12.3. The van der Waals surface area contributed by atoms with Crippen LogP contribution in [0.5, 0.6) is 0 Å². The normalized spacial score (nSPS) is 46.6. The Kier molecular flexibility index (Phi) is 4.52. The van der Waals surface area contributed by atoms with Crippen molar-refractivity contribution in [3.8, 4) is 0 Å². The van der Waals surface area contributed by atoms with Crippen LogP contribution in [0, 0.1) is 0 Å². The van der Waals surface area contributed by atoms with Crippen LogP contribution in [0.2, 0.25) is 0 Å². The van der Waals surface area contributed by atoms with E-state index in [9.17, 15) is 14.5 Å². The molecule has 0 aromatic heterocycles. The number of thiol groups is 1. The first-order valence-corrected chi connectivity index (χ1v) is 9.14. The van der Waals surface area contributed by atoms with E-state index < -0.39 is 37.4 Å². The number of hydrogen-bond acceptors (Lipinski definition) is 9. The number of carbonyl (C=O) groups excluding carboxylic acids is 1. The van der Waals surface area contributed by atoms with Crippen molar-refractivity contribution in [3.05, 3.63) is 12.3 Å². The predicted octanol–water partition coefficient (Wildman–Crippen LogP) is 0.181. The second-order valence-electron chi connectivity index (χ2n) is 5.58. The molecule has 0 spiro atoms. The molecule has 3 rings (SSSR count). The third kappa shape index (κ3) is 3.05. The van der Waals surface area contributed by atoms with E-state index in [1.54, 1.807) is 6.92 Å². The third-order valence-corrected chi connectivity index (χ3v) is 5.79. The number of nitrogens with zero attached hydrogens (tertiary/aromatic N) is 1. The molecule has 0 aromatic rings. The van der Waals surface area contributed by atoms with Gasteiger partial charge in [-0.1, -0.05) is 0 Å². The van der Waals surface area contributed by atoms with E-state index in [4.69, 9.17) is 18.3 Å². The molecule has 4 unspecified atom stereocenters. The Bertz CT molecular complexity index is 572. The summed E-state index contributed by atoms with van der Waals surface area (Å²) in [6, 6.07) is 0. The fourth-order valence-electron chi connectivity index (χ4n) is 2.82. The second-order valence-corrected chi connectivity index (χ2v) is 7.70. The van der Waals surface area contributed by atoms with Crippen molar-refractivity contribution in [1.29, 1.82) is 0 Å². The Hall–Kier alpha value is -0.610. The van der Waals surface area contributed by atoms with E-state index in [2.05, 4.69) is 17.9 Å². The first-order valence-electron chi connectivity index (χ1n) is 7.16. The van der Waals surface area contributed by atoms with Crippen LogP contribution in [-0.4, -0.2) is 58.7 Å². The maximum absolute atomic E-state index is 12.3. The molecular weight excluding hydrogens is 347 g/mol. The lowest BCUT2D eigenvalue weighted by molar-refractivity contribution is -0.132. The van der Waals surface area contributed by atoms with E-state index in [0.29, 0.717) is 0 Å². The van der Waals surface area contributed by atoms with Crippen LogP contribution in [0.3, 0.4) is 0 Å². The van der Waals surface area contributed by atoms with Crippen LogP contribution >= 0.6 is 20.5 Å². The number of fused-ring (bicyclic) bond motifs is 1. The zero-order valence-corrected chi connectivity index (χ0v) is 14.4. The molecule has 3 aliphatic rings. The Balaban J connectivity index is 1.83. The highest BCUT2D eigenvalue weighted by Crippen LogP contribution is 2.57. The number of rotatable bonds is 3. The second kappa shape index (κ2) is 6.03. The predicted molar refractivity (Wildman–Crippen MR) is 81.2 cm³/mol. The topological polar surface area (TPSA) is 107 Å². The summed E-state index contributed by atoms with van der Waals surface area (Å²) in [5.74, 6) is -0.295. The van der Waals surface area contributed by atoms with Crippen LogP contribution in [0.4, 0.5) is 0 Å². The van der Waals surface area contributed by atoms with Crippen LogP contribution in [0.15, 0.2) is 12.3 Å². The molecule has 1 amide bonds. The van der Waals surface area contributed by atoms with Gasteiger partial charge in [-0.25, -0.2) is 4.57 Å². The fraction of sp³-hybridized carbons (Fsp3) is 0.750. The summed E-state index contributed by atoms with van der Waals surface area (Å²) < 4.78 is 33.7. The molecule has 3 heterocycles. The number of carbonyl (C=O) groups is 1. The van der Waals surface area contributed by atoms with Crippen molar-refractivity contribution in [2.45, 2.75) is 43.4 Å². The molecule has 0 aromatic carbocycles. The molecule has 2 saturated heterocycles. The molecule has 0 saturated carbocycles. The molecule has 130 valence electrons. The highest BCUT2D eigenvalue weighted by atomic mass is 32.1. The average Bonchev–Trinajstić information content (AvgIpc) is 2.71. The first kappa shape index (κ1) is 17.2. The van der Waals surface area contributed by atoms with E-state index in [0.717, 1.165) is 0 Å². The Morgan fingerprint density at radius 3 is 3.04 bits per heavy atom. The van der Waals surface area contributed by atoms with Gasteiger partial charge in [0, 0.05) is 12.3 Å². The average molecular weight is 366 g/mol. The minimum Gasteiger partial charge on any atom is -0.383 e.